The number of hydrogen-bond acceptors (Lipinski definition) is 4. The number of nitrogens with zero attached hydrogens (tertiary/aromatic N) is 1. The lowest BCUT2D eigenvalue weighted by molar-refractivity contribution is 0.106. The fourth-order valence-corrected chi connectivity index (χ4v) is 3.78. The average Bonchev–Trinajstić information content (AvgIpc) is 3.44. The van der Waals surface area contributed by atoms with Gasteiger partial charge in [0.25, 0.3) is 0 Å². The van der Waals surface area contributed by atoms with Gasteiger partial charge in [0.2, 0.25) is 5.75 Å². The first-order valence-electron chi connectivity index (χ1n) is 8.93. The number of aliphatic imine (C=N–C) groups is 1. The molecule has 0 amide bonds. The zero-order valence-corrected chi connectivity index (χ0v) is 18.4. The second-order valence-corrected chi connectivity index (χ2v) is 6.95. The molecule has 0 aromatic heterocycles. The standard InChI is InChI=1S/C19H29N3O3.HI/c1-20-18(21-12-19(8-5-9-19)13-6-7-13)22-14-10-15(23-2)17(25-4)16(11-14)24-3;/h10-11,13H,5-9,12H2,1-4H3,(H2,20,21,22);1H. The maximum absolute atomic E-state index is 5.41. The lowest BCUT2D eigenvalue weighted by Gasteiger charge is -2.43. The van der Waals surface area contributed by atoms with Crippen LogP contribution in [0.15, 0.2) is 17.1 Å². The van der Waals surface area contributed by atoms with Gasteiger partial charge in [0.15, 0.2) is 17.5 Å². The van der Waals surface area contributed by atoms with Crippen LogP contribution in [0.5, 0.6) is 17.2 Å². The van der Waals surface area contributed by atoms with E-state index >= 15 is 0 Å². The van der Waals surface area contributed by atoms with Crippen molar-refractivity contribution in [1.29, 1.82) is 0 Å². The molecule has 2 saturated carbocycles. The molecule has 0 unspecified atom stereocenters. The molecule has 2 N–H and O–H groups in total. The highest BCUT2D eigenvalue weighted by atomic mass is 127. The Morgan fingerprint density at radius 2 is 1.73 bits per heavy atom. The van der Waals surface area contributed by atoms with Gasteiger partial charge >= 0.3 is 0 Å². The fraction of sp³-hybridized carbons (Fsp3) is 0.632. The van der Waals surface area contributed by atoms with Crippen molar-refractivity contribution >= 4 is 35.6 Å². The van der Waals surface area contributed by atoms with E-state index in [0.717, 1.165) is 24.1 Å². The predicted molar refractivity (Wildman–Crippen MR) is 116 cm³/mol. The Morgan fingerprint density at radius 1 is 1.12 bits per heavy atom. The van der Waals surface area contributed by atoms with Crippen LogP contribution < -0.4 is 24.8 Å². The van der Waals surface area contributed by atoms with Gasteiger partial charge in [0.05, 0.1) is 21.3 Å². The molecule has 7 heteroatoms. The number of halogens is 1. The minimum Gasteiger partial charge on any atom is -0.493 e. The summed E-state index contributed by atoms with van der Waals surface area (Å²) in [6.45, 7) is 0.988. The van der Waals surface area contributed by atoms with Crippen molar-refractivity contribution in [3.8, 4) is 17.2 Å². The Morgan fingerprint density at radius 3 is 2.12 bits per heavy atom. The van der Waals surface area contributed by atoms with E-state index in [1.807, 2.05) is 12.1 Å². The Bertz CT molecular complexity index is 618. The van der Waals surface area contributed by atoms with E-state index in [-0.39, 0.29) is 24.0 Å². The van der Waals surface area contributed by atoms with Crippen molar-refractivity contribution in [2.24, 2.45) is 16.3 Å². The number of benzene rings is 1. The monoisotopic (exact) mass is 475 g/mol. The summed E-state index contributed by atoms with van der Waals surface area (Å²) in [5, 5.41) is 6.84. The summed E-state index contributed by atoms with van der Waals surface area (Å²) in [5.74, 6) is 3.50. The van der Waals surface area contributed by atoms with E-state index in [1.165, 1.54) is 32.1 Å². The van der Waals surface area contributed by atoms with E-state index < -0.39 is 0 Å². The van der Waals surface area contributed by atoms with Gasteiger partial charge in [-0.15, -0.1) is 24.0 Å². The molecule has 0 aliphatic heterocycles. The molecular formula is C19H30IN3O3. The molecule has 0 spiro atoms. The zero-order valence-electron chi connectivity index (χ0n) is 16.1. The Balaban J connectivity index is 0.00000243. The summed E-state index contributed by atoms with van der Waals surface area (Å²) in [6.07, 6.45) is 6.82. The van der Waals surface area contributed by atoms with Crippen LogP contribution in [-0.4, -0.2) is 40.9 Å². The van der Waals surface area contributed by atoms with Crippen molar-refractivity contribution in [3.05, 3.63) is 12.1 Å². The normalized spacial score (nSPS) is 18.2. The zero-order chi connectivity index (χ0) is 17.9. The third kappa shape index (κ3) is 4.29. The van der Waals surface area contributed by atoms with Gasteiger partial charge in [-0.2, -0.15) is 0 Å². The van der Waals surface area contributed by atoms with Crippen molar-refractivity contribution < 1.29 is 14.2 Å². The first-order chi connectivity index (χ1) is 12.2. The third-order valence-corrected chi connectivity index (χ3v) is 5.55. The fourth-order valence-electron chi connectivity index (χ4n) is 3.78. The lowest BCUT2D eigenvalue weighted by Crippen LogP contribution is -2.45. The number of methoxy groups -OCH3 is 3. The Hall–Kier alpha value is -1.38. The number of ether oxygens (including phenoxy) is 3. The molecule has 0 saturated heterocycles. The van der Waals surface area contributed by atoms with Gasteiger partial charge in [-0.25, -0.2) is 0 Å². The molecule has 0 bridgehead atoms. The van der Waals surface area contributed by atoms with Crippen LogP contribution >= 0.6 is 24.0 Å². The molecule has 3 rings (SSSR count). The summed E-state index contributed by atoms with van der Waals surface area (Å²) in [4.78, 5) is 4.36. The third-order valence-electron chi connectivity index (χ3n) is 5.55. The molecule has 2 fully saturated rings. The molecule has 1 aromatic rings. The Labute approximate surface area is 173 Å². The quantitative estimate of drug-likeness (QED) is 0.356. The van der Waals surface area contributed by atoms with E-state index in [9.17, 15) is 0 Å². The highest BCUT2D eigenvalue weighted by Gasteiger charge is 2.48. The predicted octanol–water partition coefficient (Wildman–Crippen LogP) is 3.90. The van der Waals surface area contributed by atoms with Crippen LogP contribution in [-0.2, 0) is 0 Å². The largest absolute Gasteiger partial charge is 0.493 e. The van der Waals surface area contributed by atoms with Gasteiger partial charge < -0.3 is 24.8 Å². The maximum atomic E-state index is 5.41. The van der Waals surface area contributed by atoms with Gasteiger partial charge in [-0.1, -0.05) is 6.42 Å². The van der Waals surface area contributed by atoms with Crippen LogP contribution in [0.3, 0.4) is 0 Å². The van der Waals surface area contributed by atoms with E-state index in [1.54, 1.807) is 28.4 Å². The van der Waals surface area contributed by atoms with Crippen LogP contribution in [0.2, 0.25) is 0 Å². The average molecular weight is 475 g/mol. The highest BCUT2D eigenvalue weighted by molar-refractivity contribution is 14.0. The second-order valence-electron chi connectivity index (χ2n) is 6.95. The van der Waals surface area contributed by atoms with Crippen molar-refractivity contribution in [2.45, 2.75) is 32.1 Å². The summed E-state index contributed by atoms with van der Waals surface area (Å²) < 4.78 is 16.2. The number of rotatable bonds is 7. The summed E-state index contributed by atoms with van der Waals surface area (Å²) in [5.41, 5.74) is 1.34. The number of nitrogens with one attached hydrogen (secondary N) is 2. The molecule has 0 heterocycles. The van der Waals surface area contributed by atoms with E-state index in [0.29, 0.717) is 22.7 Å². The molecule has 26 heavy (non-hydrogen) atoms. The molecule has 6 nitrogen and oxygen atoms in total. The number of anilines is 1. The molecule has 0 radical (unpaired) electrons. The van der Waals surface area contributed by atoms with Crippen molar-refractivity contribution in [1.82, 2.24) is 5.32 Å². The van der Waals surface area contributed by atoms with Crippen LogP contribution in [0, 0.1) is 11.3 Å². The molecule has 0 atom stereocenters. The van der Waals surface area contributed by atoms with E-state index in [2.05, 4.69) is 15.6 Å². The summed E-state index contributed by atoms with van der Waals surface area (Å²) >= 11 is 0. The minimum atomic E-state index is 0. The molecule has 2 aliphatic carbocycles. The highest BCUT2D eigenvalue weighted by Crippen LogP contribution is 2.56. The van der Waals surface area contributed by atoms with Crippen LogP contribution in [0.1, 0.15) is 32.1 Å². The first-order valence-corrected chi connectivity index (χ1v) is 8.93. The van der Waals surface area contributed by atoms with Crippen LogP contribution in [0.4, 0.5) is 5.69 Å². The first kappa shape index (κ1) is 20.9. The minimum absolute atomic E-state index is 0. The van der Waals surface area contributed by atoms with Gasteiger partial charge in [-0.3, -0.25) is 4.99 Å². The van der Waals surface area contributed by atoms with Gasteiger partial charge in [-0.05, 0) is 37.0 Å². The Kier molecular flexibility index (Phi) is 7.25. The van der Waals surface area contributed by atoms with E-state index in [4.69, 9.17) is 14.2 Å². The molecule has 2 aliphatic rings. The lowest BCUT2D eigenvalue weighted by atomic mass is 9.65. The summed E-state index contributed by atoms with van der Waals surface area (Å²) in [7, 11) is 6.62. The SMILES string of the molecule is CN=C(NCC1(C2CC2)CCC1)Nc1cc(OC)c(OC)c(OC)c1.I. The summed E-state index contributed by atoms with van der Waals surface area (Å²) in [6, 6.07) is 3.77. The maximum Gasteiger partial charge on any atom is 0.203 e. The smallest absolute Gasteiger partial charge is 0.203 e. The van der Waals surface area contributed by atoms with Gasteiger partial charge in [0, 0.05) is 31.4 Å². The number of hydrogen-bond donors (Lipinski definition) is 2. The number of guanidine groups is 1. The molecule has 1 aromatic carbocycles. The topological polar surface area (TPSA) is 64.1 Å². The molecular weight excluding hydrogens is 445 g/mol. The van der Waals surface area contributed by atoms with Gasteiger partial charge in [0.1, 0.15) is 0 Å². The van der Waals surface area contributed by atoms with Crippen molar-refractivity contribution in [2.75, 3.05) is 40.2 Å². The second kappa shape index (κ2) is 9.01. The van der Waals surface area contributed by atoms with Crippen molar-refractivity contribution in [3.63, 3.8) is 0 Å². The molecule has 146 valence electrons. The van der Waals surface area contributed by atoms with Crippen LogP contribution in [0.25, 0.3) is 0 Å².